The molecule has 1 heterocycles. The molecule has 0 amide bonds. The van der Waals surface area contributed by atoms with E-state index >= 15 is 0 Å². The lowest BCUT2D eigenvalue weighted by molar-refractivity contribution is 0.164. The number of ether oxygens (including phenoxy) is 1. The van der Waals surface area contributed by atoms with E-state index in [1.165, 1.54) is 0 Å². The molecular formula is C33H26N2O8S2. The quantitative estimate of drug-likeness (QED) is 0.156. The smallest absolute Gasteiger partial charge is 0.296 e. The molecule has 228 valence electrons. The van der Waals surface area contributed by atoms with Crippen LogP contribution in [-0.2, 0) is 25.7 Å². The first-order chi connectivity index (χ1) is 21.6. The third kappa shape index (κ3) is 5.53. The van der Waals surface area contributed by atoms with Crippen molar-refractivity contribution in [1.82, 2.24) is 4.98 Å². The van der Waals surface area contributed by atoms with Gasteiger partial charge in [0.2, 0.25) is 0 Å². The Labute approximate surface area is 258 Å². The van der Waals surface area contributed by atoms with E-state index in [1.54, 1.807) is 78.9 Å². The lowest BCUT2D eigenvalue weighted by Gasteiger charge is -2.15. The lowest BCUT2D eigenvalue weighted by atomic mass is 9.96. The van der Waals surface area contributed by atoms with E-state index < -0.39 is 48.1 Å². The molecule has 0 bridgehead atoms. The third-order valence-electron chi connectivity index (χ3n) is 7.42. The Bertz CT molecular complexity index is 2470. The van der Waals surface area contributed by atoms with Gasteiger partial charge in [0.1, 0.15) is 10.7 Å². The molecule has 4 aromatic rings. The fourth-order valence-electron chi connectivity index (χ4n) is 5.45. The van der Waals surface area contributed by atoms with Gasteiger partial charge in [0.25, 0.3) is 15.7 Å². The van der Waals surface area contributed by atoms with Crippen LogP contribution in [0.5, 0.6) is 0 Å². The summed E-state index contributed by atoms with van der Waals surface area (Å²) in [4.78, 5) is 31.5. The van der Waals surface area contributed by atoms with E-state index in [0.717, 1.165) is 6.07 Å². The number of nitrogens with zero attached hydrogens (tertiary/aromatic N) is 1. The maximum atomic E-state index is 14.1. The van der Waals surface area contributed by atoms with Crippen LogP contribution in [0.2, 0.25) is 0 Å². The number of hydrogen-bond acceptors (Lipinski definition) is 9. The molecule has 1 atom stereocenters. The van der Waals surface area contributed by atoms with Gasteiger partial charge in [0, 0.05) is 38.6 Å². The molecule has 0 saturated carbocycles. The van der Waals surface area contributed by atoms with Gasteiger partial charge in [-0.25, -0.2) is 4.98 Å². The van der Waals surface area contributed by atoms with Crippen molar-refractivity contribution in [2.75, 3.05) is 24.3 Å². The van der Waals surface area contributed by atoms with Crippen molar-refractivity contribution < 1.29 is 27.0 Å². The second kappa shape index (κ2) is 12.0. The van der Waals surface area contributed by atoms with Crippen LogP contribution in [0.15, 0.2) is 104 Å². The largest absolute Gasteiger partial charge is 0.506 e. The summed E-state index contributed by atoms with van der Waals surface area (Å²) in [6.07, 6.45) is 0. The Morgan fingerprint density at radius 3 is 2.36 bits per heavy atom. The zero-order chi connectivity index (χ0) is 31.9. The molecule has 1 aliphatic heterocycles. The number of aliphatic hydroxyl groups is 1. The Balaban J connectivity index is 1.75. The average molecular weight is 643 g/mol. The first kappa shape index (κ1) is 30.3. The summed E-state index contributed by atoms with van der Waals surface area (Å²) >= 11 is 0. The molecular weight excluding hydrogens is 617 g/mol. The summed E-state index contributed by atoms with van der Waals surface area (Å²) < 4.78 is 53.9. The Hall–Kier alpha value is -4.75. The standard InChI is InChI=1S/C33H26N2O8S2/c1-2-43-15-16-44(39)21-12-8-11-20(17-21)34-24-18-25(45(40,41)42)30-28-26(22-13-6-7-14-23(22)32(37)27(24)28)29(33(38)35-30)31(36)19-9-4-3-5-10-19/h3-14,17-18,34,36H,2,15-16H2,1H3,(H,40,41,42). The van der Waals surface area contributed by atoms with Crippen LogP contribution in [0.3, 0.4) is 0 Å². The Kier molecular flexibility index (Phi) is 8.06. The normalized spacial score (nSPS) is 13.4. The number of fused-ring (bicyclic) bond motifs is 2. The molecule has 0 fully saturated rings. The number of anilines is 2. The van der Waals surface area contributed by atoms with Gasteiger partial charge < -0.3 is 15.2 Å². The van der Waals surface area contributed by atoms with Crippen molar-refractivity contribution in [3.05, 3.63) is 127 Å². The van der Waals surface area contributed by atoms with Crippen LogP contribution in [0.25, 0.3) is 27.4 Å². The first-order valence-corrected chi connectivity index (χ1v) is 16.6. The maximum Gasteiger partial charge on any atom is 0.296 e. The van der Waals surface area contributed by atoms with Crippen molar-refractivity contribution in [3.63, 3.8) is 0 Å². The van der Waals surface area contributed by atoms with Crippen molar-refractivity contribution in [2.45, 2.75) is 16.7 Å². The fourth-order valence-corrected chi connectivity index (χ4v) is 7.11. The van der Waals surface area contributed by atoms with Gasteiger partial charge in [-0.15, -0.1) is 0 Å². The highest BCUT2D eigenvalue weighted by Crippen LogP contribution is 2.32. The minimum absolute atomic E-state index is 0.00118. The van der Waals surface area contributed by atoms with Gasteiger partial charge in [-0.05, 0) is 36.6 Å². The molecule has 10 nitrogen and oxygen atoms in total. The van der Waals surface area contributed by atoms with E-state index in [4.69, 9.17) is 4.74 Å². The van der Waals surface area contributed by atoms with Crippen LogP contribution in [0.1, 0.15) is 12.5 Å². The Morgan fingerprint density at radius 1 is 0.933 bits per heavy atom. The van der Waals surface area contributed by atoms with E-state index in [1.807, 2.05) is 6.92 Å². The molecule has 12 heteroatoms. The van der Waals surface area contributed by atoms with Gasteiger partial charge in [0.05, 0.1) is 45.0 Å². The molecule has 45 heavy (non-hydrogen) atoms. The number of aromatic nitrogens is 1. The zero-order valence-electron chi connectivity index (χ0n) is 23.8. The number of hydrogen-bond donors (Lipinski definition) is 3. The highest BCUT2D eigenvalue weighted by atomic mass is 32.2. The maximum absolute atomic E-state index is 14.1. The van der Waals surface area contributed by atoms with Crippen LogP contribution in [0.4, 0.5) is 11.4 Å². The second-order valence-electron chi connectivity index (χ2n) is 10.2. The van der Waals surface area contributed by atoms with Gasteiger partial charge in [-0.3, -0.25) is 18.4 Å². The van der Waals surface area contributed by atoms with Gasteiger partial charge in [-0.1, -0.05) is 60.7 Å². The van der Waals surface area contributed by atoms with Crippen molar-refractivity contribution >= 4 is 59.7 Å². The van der Waals surface area contributed by atoms with E-state index in [2.05, 4.69) is 10.3 Å². The second-order valence-corrected chi connectivity index (χ2v) is 13.1. The Morgan fingerprint density at radius 2 is 1.64 bits per heavy atom. The topological polar surface area (TPSA) is 160 Å². The molecule has 0 saturated heterocycles. The summed E-state index contributed by atoms with van der Waals surface area (Å²) in [5.74, 6) is -0.147. The molecule has 1 unspecified atom stereocenters. The number of rotatable bonds is 9. The van der Waals surface area contributed by atoms with Crippen molar-refractivity contribution in [2.24, 2.45) is 0 Å². The van der Waals surface area contributed by atoms with E-state index in [-0.39, 0.29) is 37.9 Å². The SMILES string of the molecule is CCOCCS(=O)c1cccc(Nc2cc(S(=O)(=O)O)c3nc(=O)c(=C(O)c4ccccc4)c4c5ccccc5c(=O)c2c3=4)c1. The monoisotopic (exact) mass is 642 g/mol. The zero-order valence-corrected chi connectivity index (χ0v) is 25.4. The molecule has 4 aromatic carbocycles. The molecule has 6 rings (SSSR count). The number of aliphatic hydroxyl groups excluding tert-OH is 1. The van der Waals surface area contributed by atoms with Gasteiger partial charge in [-0.2, -0.15) is 8.42 Å². The van der Waals surface area contributed by atoms with E-state index in [9.17, 15) is 31.9 Å². The predicted molar refractivity (Wildman–Crippen MR) is 172 cm³/mol. The highest BCUT2D eigenvalue weighted by molar-refractivity contribution is 7.86. The molecule has 0 radical (unpaired) electrons. The van der Waals surface area contributed by atoms with Gasteiger partial charge >= 0.3 is 0 Å². The predicted octanol–water partition coefficient (Wildman–Crippen LogP) is 3.84. The van der Waals surface area contributed by atoms with Crippen molar-refractivity contribution in [1.29, 1.82) is 0 Å². The first-order valence-electron chi connectivity index (χ1n) is 13.9. The summed E-state index contributed by atoms with van der Waals surface area (Å²) in [6.45, 7) is 2.63. The summed E-state index contributed by atoms with van der Waals surface area (Å²) in [6, 6.07) is 22.4. The van der Waals surface area contributed by atoms with Crippen LogP contribution < -0.4 is 21.5 Å². The third-order valence-corrected chi connectivity index (χ3v) is 9.60. The molecule has 0 spiro atoms. The number of nitrogens with one attached hydrogen (secondary N) is 1. The molecule has 3 N–H and O–H groups in total. The molecule has 2 aliphatic rings. The van der Waals surface area contributed by atoms with Crippen molar-refractivity contribution in [3.8, 4) is 0 Å². The van der Waals surface area contributed by atoms with Crippen LogP contribution >= 0.6 is 0 Å². The highest BCUT2D eigenvalue weighted by Gasteiger charge is 2.25. The number of benzene rings is 4. The summed E-state index contributed by atoms with van der Waals surface area (Å²) in [5.41, 5.74) is -1.15. The van der Waals surface area contributed by atoms with Gasteiger partial charge in [0.15, 0.2) is 5.43 Å². The minimum atomic E-state index is -4.98. The minimum Gasteiger partial charge on any atom is -0.506 e. The van der Waals surface area contributed by atoms with E-state index in [0.29, 0.717) is 34.7 Å². The summed E-state index contributed by atoms with van der Waals surface area (Å²) in [7, 11) is -6.38. The lowest BCUT2D eigenvalue weighted by Crippen LogP contribution is -2.33. The summed E-state index contributed by atoms with van der Waals surface area (Å²) in [5, 5.41) is 14.8. The average Bonchev–Trinajstić information content (AvgIpc) is 3.03. The fraction of sp³-hybridized carbons (Fsp3) is 0.121. The molecule has 1 aliphatic carbocycles. The molecule has 0 aromatic heterocycles. The van der Waals surface area contributed by atoms with Crippen LogP contribution in [0, 0.1) is 10.4 Å². The van der Waals surface area contributed by atoms with Crippen LogP contribution in [-0.4, -0.2) is 46.2 Å².